The Balaban J connectivity index is 1.29. The van der Waals surface area contributed by atoms with Gasteiger partial charge in [0.25, 0.3) is 5.91 Å². The van der Waals surface area contributed by atoms with E-state index in [1.54, 1.807) is 4.90 Å². The van der Waals surface area contributed by atoms with E-state index in [0.717, 1.165) is 60.9 Å². The Morgan fingerprint density at radius 1 is 0.540 bits per heavy atom. The standard InChI is InChI=1S/C46H34N2O2/c1-29-23-25-34(30(2)27-29)37-18-11-19-38-36-17-9-10-21-40(36)47(44(37)38)41-22-12-20-39-43(41)46(50)48(45(39)49)42-28-33(31-13-5-3-6-14-31)24-26-35(42)32-15-7-4-8-16-32/h3-28,45,49H,1-2H3. The minimum Gasteiger partial charge on any atom is -0.369 e. The topological polar surface area (TPSA) is 45.5 Å². The molecule has 9 rings (SSSR count). The number of hydrogen-bond donors (Lipinski definition) is 1. The largest absolute Gasteiger partial charge is 0.369 e. The van der Waals surface area contributed by atoms with Crippen LogP contribution in [0.2, 0.25) is 0 Å². The third-order valence-electron chi connectivity index (χ3n) is 10.1. The van der Waals surface area contributed by atoms with Gasteiger partial charge in [0.2, 0.25) is 0 Å². The number of para-hydroxylation sites is 2. The summed E-state index contributed by atoms with van der Waals surface area (Å²) in [6.45, 7) is 4.27. The quantitative estimate of drug-likeness (QED) is 0.202. The van der Waals surface area contributed by atoms with E-state index in [9.17, 15) is 5.11 Å². The van der Waals surface area contributed by atoms with Crippen molar-refractivity contribution in [2.24, 2.45) is 0 Å². The van der Waals surface area contributed by atoms with E-state index in [1.165, 1.54) is 11.1 Å². The van der Waals surface area contributed by atoms with Gasteiger partial charge in [-0.3, -0.25) is 9.69 Å². The molecule has 240 valence electrons. The summed E-state index contributed by atoms with van der Waals surface area (Å²) in [6.07, 6.45) is -1.17. The second-order valence-electron chi connectivity index (χ2n) is 13.1. The summed E-state index contributed by atoms with van der Waals surface area (Å²) < 4.78 is 2.23. The van der Waals surface area contributed by atoms with Crippen molar-refractivity contribution < 1.29 is 9.90 Å². The number of anilines is 1. The van der Waals surface area contributed by atoms with Crippen molar-refractivity contribution in [3.63, 3.8) is 0 Å². The first-order valence-electron chi connectivity index (χ1n) is 17.0. The van der Waals surface area contributed by atoms with Crippen molar-refractivity contribution in [1.29, 1.82) is 0 Å². The van der Waals surface area contributed by atoms with Gasteiger partial charge in [-0.15, -0.1) is 0 Å². The SMILES string of the molecule is Cc1ccc(-c2cccc3c4ccccc4n(-c4cccc5c4C(=O)N(c4cc(-c6ccccc6)ccc4-c4ccccc4)C5O)c23)c(C)c1. The van der Waals surface area contributed by atoms with E-state index in [4.69, 9.17) is 0 Å². The van der Waals surface area contributed by atoms with Gasteiger partial charge in [-0.2, -0.15) is 0 Å². The number of hydrogen-bond acceptors (Lipinski definition) is 2. The number of aliphatic hydroxyl groups is 1. The normalized spacial score (nSPS) is 14.1. The van der Waals surface area contributed by atoms with Gasteiger partial charge in [-0.1, -0.05) is 145 Å². The highest BCUT2D eigenvalue weighted by molar-refractivity contribution is 6.18. The van der Waals surface area contributed by atoms with Crippen LogP contribution in [0.15, 0.2) is 158 Å². The summed E-state index contributed by atoms with van der Waals surface area (Å²) in [5, 5.41) is 14.4. The molecule has 1 aromatic heterocycles. The molecule has 1 unspecified atom stereocenters. The van der Waals surface area contributed by atoms with Crippen molar-refractivity contribution in [2.45, 2.75) is 20.1 Å². The predicted octanol–water partition coefficient (Wildman–Crippen LogP) is 11.1. The molecule has 0 aliphatic carbocycles. The van der Waals surface area contributed by atoms with E-state index >= 15 is 4.79 Å². The lowest BCUT2D eigenvalue weighted by Gasteiger charge is -2.25. The Hall–Kier alpha value is -6.23. The van der Waals surface area contributed by atoms with Crippen LogP contribution in [0, 0.1) is 13.8 Å². The van der Waals surface area contributed by atoms with E-state index in [-0.39, 0.29) is 5.91 Å². The number of aryl methyl sites for hydroxylation is 2. The molecule has 0 radical (unpaired) electrons. The second-order valence-corrected chi connectivity index (χ2v) is 13.1. The lowest BCUT2D eigenvalue weighted by molar-refractivity contribution is 0.0935. The molecule has 0 spiro atoms. The van der Waals surface area contributed by atoms with Gasteiger partial charge >= 0.3 is 0 Å². The Morgan fingerprint density at radius 2 is 1.22 bits per heavy atom. The molecular formula is C46H34N2O2. The van der Waals surface area contributed by atoms with E-state index < -0.39 is 6.23 Å². The lowest BCUT2D eigenvalue weighted by atomic mass is 9.96. The van der Waals surface area contributed by atoms with Crippen LogP contribution in [0.1, 0.15) is 33.3 Å². The number of fused-ring (bicyclic) bond motifs is 4. The molecule has 1 N–H and O–H groups in total. The molecule has 1 aliphatic rings. The molecule has 0 saturated heterocycles. The molecule has 1 amide bonds. The average molecular weight is 647 g/mol. The molecule has 4 heteroatoms. The second kappa shape index (κ2) is 11.7. The maximum Gasteiger partial charge on any atom is 0.263 e. The zero-order valence-corrected chi connectivity index (χ0v) is 27.8. The zero-order valence-electron chi connectivity index (χ0n) is 27.8. The first-order valence-corrected chi connectivity index (χ1v) is 17.0. The molecule has 50 heavy (non-hydrogen) atoms. The fourth-order valence-electron chi connectivity index (χ4n) is 7.81. The van der Waals surface area contributed by atoms with E-state index in [0.29, 0.717) is 16.8 Å². The number of aliphatic hydroxyl groups excluding tert-OH is 1. The molecular weight excluding hydrogens is 613 g/mol. The van der Waals surface area contributed by atoms with Gasteiger partial charge in [-0.05, 0) is 59.9 Å². The van der Waals surface area contributed by atoms with Gasteiger partial charge in [0.05, 0.1) is 28.0 Å². The number of nitrogens with zero attached hydrogens (tertiary/aromatic N) is 2. The van der Waals surface area contributed by atoms with Gasteiger partial charge in [0.15, 0.2) is 6.23 Å². The molecule has 8 aromatic rings. The number of amides is 1. The summed E-state index contributed by atoms with van der Waals surface area (Å²) in [5.74, 6) is -0.236. The number of rotatable bonds is 5. The number of carbonyl (C=O) groups is 1. The maximum atomic E-state index is 15.0. The predicted molar refractivity (Wildman–Crippen MR) is 205 cm³/mol. The molecule has 0 fully saturated rings. The zero-order chi connectivity index (χ0) is 33.9. The van der Waals surface area contributed by atoms with Crippen LogP contribution in [0.25, 0.3) is 60.9 Å². The van der Waals surface area contributed by atoms with Crippen LogP contribution in [0.3, 0.4) is 0 Å². The first kappa shape index (κ1) is 29.9. The van der Waals surface area contributed by atoms with Gasteiger partial charge in [0.1, 0.15) is 0 Å². The summed E-state index contributed by atoms with van der Waals surface area (Å²) in [5.41, 5.74) is 13.0. The van der Waals surface area contributed by atoms with Crippen molar-refractivity contribution in [3.8, 4) is 39.1 Å². The minimum absolute atomic E-state index is 0.236. The van der Waals surface area contributed by atoms with Crippen molar-refractivity contribution in [1.82, 2.24) is 4.57 Å². The number of benzene rings is 7. The van der Waals surface area contributed by atoms with Gasteiger partial charge < -0.3 is 9.67 Å². The van der Waals surface area contributed by atoms with Crippen LogP contribution < -0.4 is 4.90 Å². The average Bonchev–Trinajstić information content (AvgIpc) is 3.63. The fourth-order valence-corrected chi connectivity index (χ4v) is 7.81. The summed E-state index contributed by atoms with van der Waals surface area (Å²) in [7, 11) is 0. The number of aromatic nitrogens is 1. The lowest BCUT2D eigenvalue weighted by Crippen LogP contribution is -2.28. The van der Waals surface area contributed by atoms with Crippen LogP contribution in [0.5, 0.6) is 0 Å². The Morgan fingerprint density at radius 3 is 2.00 bits per heavy atom. The van der Waals surface area contributed by atoms with Crippen molar-refractivity contribution in [2.75, 3.05) is 4.90 Å². The summed E-state index contributed by atoms with van der Waals surface area (Å²) in [4.78, 5) is 16.6. The molecule has 0 saturated carbocycles. The van der Waals surface area contributed by atoms with Crippen molar-refractivity contribution in [3.05, 3.63) is 180 Å². The molecule has 0 bridgehead atoms. The highest BCUT2D eigenvalue weighted by Crippen LogP contribution is 2.46. The van der Waals surface area contributed by atoms with E-state index in [1.807, 2.05) is 78.9 Å². The van der Waals surface area contributed by atoms with E-state index in [2.05, 4.69) is 97.3 Å². The minimum atomic E-state index is -1.17. The third-order valence-corrected chi connectivity index (χ3v) is 10.1. The van der Waals surface area contributed by atoms with Crippen LogP contribution in [0.4, 0.5) is 5.69 Å². The van der Waals surface area contributed by atoms with Gasteiger partial charge in [0, 0.05) is 27.5 Å². The van der Waals surface area contributed by atoms with Crippen LogP contribution in [-0.4, -0.2) is 15.6 Å². The third kappa shape index (κ3) is 4.61. The summed E-state index contributed by atoms with van der Waals surface area (Å²) >= 11 is 0. The monoisotopic (exact) mass is 646 g/mol. The van der Waals surface area contributed by atoms with Gasteiger partial charge in [-0.25, -0.2) is 0 Å². The molecule has 4 nitrogen and oxygen atoms in total. The number of carbonyl (C=O) groups excluding carboxylic acids is 1. The Kier molecular flexibility index (Phi) is 7.01. The molecule has 2 heterocycles. The van der Waals surface area contributed by atoms with Crippen LogP contribution in [-0.2, 0) is 0 Å². The Labute approximate surface area is 291 Å². The van der Waals surface area contributed by atoms with Crippen LogP contribution >= 0.6 is 0 Å². The highest BCUT2D eigenvalue weighted by Gasteiger charge is 2.40. The first-order chi connectivity index (χ1) is 24.5. The maximum absolute atomic E-state index is 15.0. The molecule has 1 aliphatic heterocycles. The highest BCUT2D eigenvalue weighted by atomic mass is 16.3. The van der Waals surface area contributed by atoms with Crippen molar-refractivity contribution >= 4 is 33.4 Å². The molecule has 7 aromatic carbocycles. The fraction of sp³-hybridized carbons (Fsp3) is 0.0652. The Bertz CT molecular complexity index is 2600. The summed E-state index contributed by atoms with van der Waals surface area (Å²) in [6, 6.07) is 53.6. The molecule has 1 atom stereocenters. The smallest absolute Gasteiger partial charge is 0.263 e.